The summed E-state index contributed by atoms with van der Waals surface area (Å²) in [6, 6.07) is 24.1. The lowest BCUT2D eigenvalue weighted by Gasteiger charge is -2.34. The average Bonchev–Trinajstić information content (AvgIpc) is 3.91. The number of carbonyl (C=O) groups excluding carboxylic acids is 1. The molecule has 12 nitrogen and oxygen atoms in total. The van der Waals surface area contributed by atoms with E-state index in [-0.39, 0.29) is 12.4 Å². The molecule has 1 fully saturated rings. The molecule has 2 aliphatic rings. The van der Waals surface area contributed by atoms with Crippen LogP contribution in [0, 0.1) is 18.3 Å². The summed E-state index contributed by atoms with van der Waals surface area (Å²) in [7, 11) is 2.15. The number of nitrogens with zero attached hydrogens (tertiary/aromatic N) is 6. The molecule has 2 aliphatic heterocycles. The summed E-state index contributed by atoms with van der Waals surface area (Å²) in [5.41, 5.74) is 10.6. The van der Waals surface area contributed by atoms with Crippen molar-refractivity contribution in [3.05, 3.63) is 89.8 Å². The second kappa shape index (κ2) is 14.6. The molecule has 0 spiro atoms. The van der Waals surface area contributed by atoms with Crippen LogP contribution in [0.15, 0.2) is 93.0 Å². The van der Waals surface area contributed by atoms with E-state index in [4.69, 9.17) is 24.6 Å². The fourth-order valence-corrected chi connectivity index (χ4v) is 7.74. The Labute approximate surface area is 310 Å². The van der Waals surface area contributed by atoms with Crippen molar-refractivity contribution in [1.29, 1.82) is 5.26 Å². The Balaban J connectivity index is 0.967. The lowest BCUT2D eigenvalue weighted by molar-refractivity contribution is -0.117. The quantitative estimate of drug-likeness (QED) is 0.0908. The smallest absolute Gasteiger partial charge is 0.261 e. The number of aromatic nitrogens is 3. The number of amides is 1. The number of ether oxygens (including phenoxy) is 2. The monoisotopic (exact) mass is 726 g/mol. The zero-order valence-corrected chi connectivity index (χ0v) is 30.3. The van der Waals surface area contributed by atoms with E-state index in [0.29, 0.717) is 53.3 Å². The lowest BCUT2D eigenvalue weighted by Crippen LogP contribution is -2.44. The topological polar surface area (TPSA) is 148 Å². The van der Waals surface area contributed by atoms with Gasteiger partial charge in [0, 0.05) is 61.6 Å². The Bertz CT molecular complexity index is 2420. The van der Waals surface area contributed by atoms with E-state index in [1.807, 2.05) is 55.5 Å². The number of hydrogen-bond acceptors (Lipinski definition) is 11. The van der Waals surface area contributed by atoms with Crippen LogP contribution in [0.25, 0.3) is 39.2 Å². The van der Waals surface area contributed by atoms with Gasteiger partial charge in [0.15, 0.2) is 22.5 Å². The van der Waals surface area contributed by atoms with Gasteiger partial charge in [0.1, 0.15) is 28.7 Å². The van der Waals surface area contributed by atoms with Gasteiger partial charge in [-0.15, -0.1) is 0 Å². The molecule has 3 N–H and O–H groups in total. The first-order valence-electron chi connectivity index (χ1n) is 17.5. The van der Waals surface area contributed by atoms with Gasteiger partial charge in [-0.1, -0.05) is 30.0 Å². The number of furan rings is 1. The molecule has 0 atom stereocenters. The van der Waals surface area contributed by atoms with Crippen LogP contribution in [0.1, 0.15) is 17.7 Å². The van der Waals surface area contributed by atoms with Crippen molar-refractivity contribution >= 4 is 57.1 Å². The zero-order chi connectivity index (χ0) is 36.5. The molecule has 6 aromatic rings. The molecule has 5 heterocycles. The van der Waals surface area contributed by atoms with Gasteiger partial charge in [0.2, 0.25) is 6.79 Å². The van der Waals surface area contributed by atoms with Crippen molar-refractivity contribution < 1.29 is 18.7 Å². The molecular formula is C40H38N8O4S. The maximum atomic E-state index is 13.2. The van der Waals surface area contributed by atoms with Gasteiger partial charge < -0.3 is 39.3 Å². The Morgan fingerprint density at radius 2 is 1.81 bits per heavy atom. The number of imidazole rings is 1. The SMILES string of the molecule is Cc1ccc(-c2cc3c(cc2Sc2nc4c(N)nccc4n2CCCNC(=O)C(C#N)=Cc2ccc4cc(N5CCN(C)CC5)ccc4c2)OCO3)o1. The third kappa shape index (κ3) is 7.11. The van der Waals surface area contributed by atoms with Crippen molar-refractivity contribution in [2.24, 2.45) is 0 Å². The van der Waals surface area contributed by atoms with Gasteiger partial charge in [-0.2, -0.15) is 5.26 Å². The summed E-state index contributed by atoms with van der Waals surface area (Å²) in [6.45, 7) is 7.01. The first-order valence-corrected chi connectivity index (χ1v) is 18.3. The largest absolute Gasteiger partial charge is 0.461 e. The molecule has 1 saturated heterocycles. The van der Waals surface area contributed by atoms with Crippen molar-refractivity contribution in [2.45, 2.75) is 29.9 Å². The third-order valence-electron chi connectivity index (χ3n) is 9.58. The molecule has 53 heavy (non-hydrogen) atoms. The predicted octanol–water partition coefficient (Wildman–Crippen LogP) is 6.48. The second-order valence-electron chi connectivity index (χ2n) is 13.2. The van der Waals surface area contributed by atoms with Crippen LogP contribution in [0.5, 0.6) is 11.5 Å². The van der Waals surface area contributed by atoms with Crippen LogP contribution in [0.4, 0.5) is 11.5 Å². The number of pyridine rings is 1. The van der Waals surface area contributed by atoms with E-state index >= 15 is 0 Å². The normalized spacial score (nSPS) is 14.6. The number of likely N-dealkylation sites (N-methyl/N-ethyl adjacent to an activating group) is 1. The van der Waals surface area contributed by atoms with E-state index in [2.05, 4.69) is 56.0 Å². The number of hydrogen-bond donors (Lipinski definition) is 2. The van der Waals surface area contributed by atoms with Crippen LogP contribution < -0.4 is 25.4 Å². The molecule has 3 aromatic carbocycles. The Hall–Kier alpha value is -5.97. The minimum absolute atomic E-state index is 0.0464. The van der Waals surface area contributed by atoms with E-state index < -0.39 is 5.91 Å². The number of nitrogens with one attached hydrogen (secondary N) is 1. The lowest BCUT2D eigenvalue weighted by atomic mass is 10.0. The van der Waals surface area contributed by atoms with Crippen LogP contribution in [-0.2, 0) is 11.3 Å². The summed E-state index contributed by atoms with van der Waals surface area (Å²) < 4.78 is 19.4. The molecule has 0 radical (unpaired) electrons. The van der Waals surface area contributed by atoms with Gasteiger partial charge in [0.05, 0.1) is 5.52 Å². The van der Waals surface area contributed by atoms with Crippen LogP contribution in [0.2, 0.25) is 0 Å². The van der Waals surface area contributed by atoms with Crippen LogP contribution in [0.3, 0.4) is 0 Å². The van der Waals surface area contributed by atoms with Gasteiger partial charge >= 0.3 is 0 Å². The number of rotatable bonds is 10. The first-order chi connectivity index (χ1) is 25.8. The molecule has 1 amide bonds. The summed E-state index contributed by atoms with van der Waals surface area (Å²) in [5, 5.41) is 15.7. The van der Waals surface area contributed by atoms with Gasteiger partial charge in [-0.25, -0.2) is 9.97 Å². The Morgan fingerprint density at radius 1 is 1.02 bits per heavy atom. The average molecular weight is 727 g/mol. The van der Waals surface area contributed by atoms with Crippen molar-refractivity contribution in [2.75, 3.05) is 57.2 Å². The molecule has 8 rings (SSSR count). The molecule has 0 aliphatic carbocycles. The number of fused-ring (bicyclic) bond motifs is 3. The Kier molecular flexibility index (Phi) is 9.39. The van der Waals surface area contributed by atoms with Crippen molar-refractivity contribution in [1.82, 2.24) is 24.8 Å². The summed E-state index contributed by atoms with van der Waals surface area (Å²) in [4.78, 5) is 27.9. The number of anilines is 2. The summed E-state index contributed by atoms with van der Waals surface area (Å²) in [5.74, 6) is 2.70. The molecule has 13 heteroatoms. The number of nitriles is 1. The third-order valence-corrected chi connectivity index (χ3v) is 10.6. The standard InChI is InChI=1S/C40H38N8O4S/c1-25-4-9-33(52-25)31-21-34-35(51-24-50-34)22-36(31)53-40-45-37-32(10-12-43-38(37)42)48(40)13-3-11-44-39(49)29(23-41)19-26-5-6-28-20-30(8-7-27(28)18-26)47-16-14-46(2)15-17-47/h4-10,12,18-22H,3,11,13-17,24H2,1-2H3,(H2,42,43)(H,44,49). The van der Waals surface area contributed by atoms with Crippen LogP contribution >= 0.6 is 11.8 Å². The van der Waals surface area contributed by atoms with Crippen molar-refractivity contribution in [3.63, 3.8) is 0 Å². The summed E-state index contributed by atoms with van der Waals surface area (Å²) in [6.07, 6.45) is 3.87. The van der Waals surface area contributed by atoms with Gasteiger partial charge in [-0.3, -0.25) is 4.79 Å². The number of carbonyl (C=O) groups is 1. The summed E-state index contributed by atoms with van der Waals surface area (Å²) >= 11 is 1.46. The highest BCUT2D eigenvalue weighted by molar-refractivity contribution is 7.99. The molecular weight excluding hydrogens is 689 g/mol. The maximum Gasteiger partial charge on any atom is 0.261 e. The van der Waals surface area contributed by atoms with E-state index in [9.17, 15) is 10.1 Å². The first kappa shape index (κ1) is 34.1. The van der Waals surface area contributed by atoms with Gasteiger partial charge in [0.25, 0.3) is 5.91 Å². The molecule has 0 unspecified atom stereocenters. The zero-order valence-electron chi connectivity index (χ0n) is 29.5. The minimum atomic E-state index is -0.421. The molecule has 0 bridgehead atoms. The number of aryl methyl sites for hydroxylation is 2. The maximum absolute atomic E-state index is 13.2. The fraction of sp³-hybridized carbons (Fsp3) is 0.250. The number of nitrogens with two attached hydrogens (primary N) is 1. The number of nitrogen functional groups attached to an aromatic ring is 1. The predicted molar refractivity (Wildman–Crippen MR) is 206 cm³/mol. The number of piperazine rings is 1. The molecule has 268 valence electrons. The van der Waals surface area contributed by atoms with Gasteiger partial charge in [-0.05, 0) is 91.3 Å². The highest BCUT2D eigenvalue weighted by Crippen LogP contribution is 2.45. The fourth-order valence-electron chi connectivity index (χ4n) is 6.68. The molecule has 0 saturated carbocycles. The van der Waals surface area contributed by atoms with E-state index in [0.717, 1.165) is 64.3 Å². The minimum Gasteiger partial charge on any atom is -0.461 e. The number of benzene rings is 3. The Morgan fingerprint density at radius 3 is 2.60 bits per heavy atom. The van der Waals surface area contributed by atoms with Crippen molar-refractivity contribution in [3.8, 4) is 28.9 Å². The second-order valence-corrected chi connectivity index (χ2v) is 14.2. The van der Waals surface area contributed by atoms with Crippen LogP contribution in [-0.4, -0.2) is 71.9 Å². The van der Waals surface area contributed by atoms with E-state index in [1.165, 1.54) is 17.4 Å². The highest BCUT2D eigenvalue weighted by Gasteiger charge is 2.23. The molecule has 3 aromatic heterocycles. The highest BCUT2D eigenvalue weighted by atomic mass is 32.2. The van der Waals surface area contributed by atoms with E-state index in [1.54, 1.807) is 12.3 Å².